The normalized spacial score (nSPS) is 14.7. The third-order valence-corrected chi connectivity index (χ3v) is 6.23. The van der Waals surface area contributed by atoms with Gasteiger partial charge >= 0.3 is 0 Å². The summed E-state index contributed by atoms with van der Waals surface area (Å²) in [6, 6.07) is 9.58. The van der Waals surface area contributed by atoms with Crippen LogP contribution in [-0.2, 0) is 11.3 Å². The van der Waals surface area contributed by atoms with Gasteiger partial charge in [-0.3, -0.25) is 14.5 Å². The number of hydrogen-bond acceptors (Lipinski definition) is 6. The number of aryl methyl sites for hydroxylation is 1. The predicted molar refractivity (Wildman–Crippen MR) is 114 cm³/mol. The van der Waals surface area contributed by atoms with Crippen LogP contribution >= 0.6 is 11.3 Å². The maximum absolute atomic E-state index is 12.5. The Hall–Kier alpha value is -2.38. The van der Waals surface area contributed by atoms with Crippen molar-refractivity contribution in [3.8, 4) is 11.5 Å². The van der Waals surface area contributed by atoms with Gasteiger partial charge in [0.05, 0.1) is 19.1 Å². The molecule has 2 heterocycles. The summed E-state index contributed by atoms with van der Waals surface area (Å²) in [6.45, 7) is 5.68. The topological polar surface area (TPSA) is 59.1 Å². The molecule has 3 rings (SSSR count). The Morgan fingerprint density at radius 1 is 1.00 bits per heavy atom. The molecule has 0 atom stereocenters. The third-order valence-electron chi connectivity index (χ3n) is 5.19. The summed E-state index contributed by atoms with van der Waals surface area (Å²) in [6.07, 6.45) is 0.555. The van der Waals surface area contributed by atoms with Gasteiger partial charge in [0, 0.05) is 56.0 Å². The lowest BCUT2D eigenvalue weighted by atomic mass is 10.1. The third kappa shape index (κ3) is 5.58. The van der Waals surface area contributed by atoms with Crippen molar-refractivity contribution in [1.82, 2.24) is 9.80 Å². The molecule has 1 aromatic carbocycles. The summed E-state index contributed by atoms with van der Waals surface area (Å²) in [5, 5.41) is 0. The van der Waals surface area contributed by atoms with E-state index >= 15 is 0 Å². The fraction of sp³-hybridized carbons (Fsp3) is 0.455. The minimum Gasteiger partial charge on any atom is -0.497 e. The van der Waals surface area contributed by atoms with Crippen LogP contribution in [0.3, 0.4) is 0 Å². The zero-order chi connectivity index (χ0) is 20.8. The van der Waals surface area contributed by atoms with E-state index in [1.807, 2.05) is 42.2 Å². The number of rotatable bonds is 8. The second kappa shape index (κ2) is 9.89. The summed E-state index contributed by atoms with van der Waals surface area (Å²) < 4.78 is 10.8. The smallest absolute Gasteiger partial charge is 0.223 e. The Balaban J connectivity index is 1.47. The van der Waals surface area contributed by atoms with Crippen molar-refractivity contribution in [3.05, 3.63) is 45.6 Å². The van der Waals surface area contributed by atoms with E-state index in [1.165, 1.54) is 11.3 Å². The molecule has 0 saturated carbocycles. The summed E-state index contributed by atoms with van der Waals surface area (Å²) >= 11 is 1.49. The number of amides is 1. The maximum atomic E-state index is 12.5. The van der Waals surface area contributed by atoms with Crippen molar-refractivity contribution in [2.75, 3.05) is 40.4 Å². The van der Waals surface area contributed by atoms with E-state index in [2.05, 4.69) is 4.90 Å². The van der Waals surface area contributed by atoms with Crippen LogP contribution in [0.15, 0.2) is 30.3 Å². The van der Waals surface area contributed by atoms with E-state index in [1.54, 1.807) is 14.2 Å². The number of Topliss-reactive ketones (excluding diaryl/α,β-unsaturated/α-hetero) is 1. The van der Waals surface area contributed by atoms with Gasteiger partial charge in [0.2, 0.25) is 5.91 Å². The number of thiophene rings is 1. The Bertz CT molecular complexity index is 856. The SMILES string of the molecule is COc1ccc(OC)c(CN2CCN(C(=O)CCC(=O)c3ccc(C)s3)CC2)c1. The second-order valence-electron chi connectivity index (χ2n) is 7.17. The number of carbonyl (C=O) groups excluding carboxylic acids is 2. The van der Waals surface area contributed by atoms with Gasteiger partial charge in [0.1, 0.15) is 11.5 Å². The highest BCUT2D eigenvalue weighted by Gasteiger charge is 2.22. The molecule has 2 aromatic rings. The minimum absolute atomic E-state index is 0.0557. The van der Waals surface area contributed by atoms with Gasteiger partial charge in [-0.1, -0.05) is 0 Å². The number of carbonyl (C=O) groups is 2. The Labute approximate surface area is 176 Å². The van der Waals surface area contributed by atoms with Crippen LogP contribution in [0.2, 0.25) is 0 Å². The van der Waals surface area contributed by atoms with E-state index < -0.39 is 0 Å². The predicted octanol–water partition coefficient (Wildman–Crippen LogP) is 3.38. The molecule has 156 valence electrons. The van der Waals surface area contributed by atoms with Crippen molar-refractivity contribution in [1.29, 1.82) is 0 Å². The van der Waals surface area contributed by atoms with Gasteiger partial charge in [-0.2, -0.15) is 0 Å². The number of methoxy groups -OCH3 is 2. The van der Waals surface area contributed by atoms with Crippen LogP contribution in [-0.4, -0.2) is 61.9 Å². The summed E-state index contributed by atoms with van der Waals surface area (Å²) in [7, 11) is 3.32. The number of benzene rings is 1. The zero-order valence-corrected chi connectivity index (χ0v) is 18.1. The van der Waals surface area contributed by atoms with Crippen LogP contribution in [0.1, 0.15) is 33.0 Å². The first kappa shape index (κ1) is 21.3. The van der Waals surface area contributed by atoms with E-state index in [-0.39, 0.29) is 24.5 Å². The Morgan fingerprint density at radius 2 is 1.76 bits per heavy atom. The number of ether oxygens (including phenoxy) is 2. The van der Waals surface area contributed by atoms with Crippen LogP contribution in [0.5, 0.6) is 11.5 Å². The van der Waals surface area contributed by atoms with Crippen molar-refractivity contribution in [2.45, 2.75) is 26.3 Å². The highest BCUT2D eigenvalue weighted by Crippen LogP contribution is 2.25. The van der Waals surface area contributed by atoms with Crippen LogP contribution in [0, 0.1) is 6.92 Å². The van der Waals surface area contributed by atoms with Gasteiger partial charge in [-0.05, 0) is 37.3 Å². The summed E-state index contributed by atoms with van der Waals surface area (Å²) in [4.78, 5) is 30.8. The molecule has 1 amide bonds. The molecule has 0 radical (unpaired) electrons. The molecule has 1 fully saturated rings. The lowest BCUT2D eigenvalue weighted by Gasteiger charge is -2.35. The van der Waals surface area contributed by atoms with Gasteiger partial charge in [-0.15, -0.1) is 11.3 Å². The summed E-state index contributed by atoms with van der Waals surface area (Å²) in [5.74, 6) is 1.76. The van der Waals surface area contributed by atoms with E-state index in [0.717, 1.165) is 46.5 Å². The van der Waals surface area contributed by atoms with Gasteiger partial charge in [0.25, 0.3) is 0 Å². The fourth-order valence-electron chi connectivity index (χ4n) is 3.49. The zero-order valence-electron chi connectivity index (χ0n) is 17.3. The molecule has 1 aliphatic rings. The molecule has 7 heteroatoms. The lowest BCUT2D eigenvalue weighted by Crippen LogP contribution is -2.48. The van der Waals surface area contributed by atoms with E-state index in [9.17, 15) is 9.59 Å². The first-order valence-electron chi connectivity index (χ1n) is 9.81. The average Bonchev–Trinajstić information content (AvgIpc) is 3.18. The monoisotopic (exact) mass is 416 g/mol. The maximum Gasteiger partial charge on any atom is 0.223 e. The highest BCUT2D eigenvalue weighted by atomic mass is 32.1. The van der Waals surface area contributed by atoms with Crippen molar-refractivity contribution in [3.63, 3.8) is 0 Å². The molecule has 1 saturated heterocycles. The first-order chi connectivity index (χ1) is 14.0. The van der Waals surface area contributed by atoms with Gasteiger partial charge in [-0.25, -0.2) is 0 Å². The van der Waals surface area contributed by atoms with Crippen LogP contribution < -0.4 is 9.47 Å². The van der Waals surface area contributed by atoms with Gasteiger partial charge < -0.3 is 14.4 Å². The van der Waals surface area contributed by atoms with E-state index in [4.69, 9.17) is 9.47 Å². The molecule has 0 unspecified atom stereocenters. The van der Waals surface area contributed by atoms with Crippen molar-refractivity contribution < 1.29 is 19.1 Å². The lowest BCUT2D eigenvalue weighted by molar-refractivity contribution is -0.133. The molecule has 0 spiro atoms. The minimum atomic E-state index is 0.0557. The number of ketones is 1. The molecule has 1 aromatic heterocycles. The standard InChI is InChI=1S/C22H28N2O4S/c1-16-4-8-21(29-16)19(25)6-9-22(26)24-12-10-23(11-13-24)15-17-14-18(27-2)5-7-20(17)28-3/h4-5,7-8,14H,6,9-13,15H2,1-3H3. The molecule has 0 bridgehead atoms. The number of piperazine rings is 1. The first-order valence-corrected chi connectivity index (χ1v) is 10.6. The summed E-state index contributed by atoms with van der Waals surface area (Å²) in [5.41, 5.74) is 1.07. The quantitative estimate of drug-likeness (QED) is 0.618. The van der Waals surface area contributed by atoms with Crippen LogP contribution in [0.4, 0.5) is 0 Å². The van der Waals surface area contributed by atoms with Crippen molar-refractivity contribution >= 4 is 23.0 Å². The van der Waals surface area contributed by atoms with Crippen LogP contribution in [0.25, 0.3) is 0 Å². The molecule has 0 aliphatic carbocycles. The second-order valence-corrected chi connectivity index (χ2v) is 8.46. The van der Waals surface area contributed by atoms with Crippen molar-refractivity contribution in [2.24, 2.45) is 0 Å². The van der Waals surface area contributed by atoms with E-state index in [0.29, 0.717) is 13.1 Å². The largest absolute Gasteiger partial charge is 0.497 e. The molecule has 1 aliphatic heterocycles. The molecule has 0 N–H and O–H groups in total. The molecular weight excluding hydrogens is 388 g/mol. The molecular formula is C22H28N2O4S. The molecule has 29 heavy (non-hydrogen) atoms. The fourth-order valence-corrected chi connectivity index (χ4v) is 4.32. The Kier molecular flexibility index (Phi) is 7.28. The molecule has 6 nitrogen and oxygen atoms in total. The number of hydrogen-bond donors (Lipinski definition) is 0. The highest BCUT2D eigenvalue weighted by molar-refractivity contribution is 7.14. The average molecular weight is 417 g/mol. The van der Waals surface area contributed by atoms with Gasteiger partial charge in [0.15, 0.2) is 5.78 Å². The Morgan fingerprint density at radius 3 is 2.38 bits per heavy atom. The number of nitrogens with zero attached hydrogens (tertiary/aromatic N) is 2.